The number of halogens is 1. The first-order valence-electron chi connectivity index (χ1n) is 5.04. The van der Waals surface area contributed by atoms with Gasteiger partial charge in [0.1, 0.15) is 0 Å². The minimum Gasteiger partial charge on any atom is -0.316 e. The van der Waals surface area contributed by atoms with E-state index in [0.717, 1.165) is 23.4 Å². The highest BCUT2D eigenvalue weighted by Gasteiger charge is 2.11. The van der Waals surface area contributed by atoms with Crippen molar-refractivity contribution in [2.24, 2.45) is 0 Å². The van der Waals surface area contributed by atoms with Crippen molar-refractivity contribution in [1.29, 1.82) is 0 Å². The van der Waals surface area contributed by atoms with E-state index in [1.54, 1.807) is 0 Å². The summed E-state index contributed by atoms with van der Waals surface area (Å²) in [4.78, 5) is 10.9. The SMILES string of the molecule is Cc1cc(C=O)c(C)n1-c1ccccc1Cl. The molecule has 0 unspecified atom stereocenters. The number of hydrogen-bond donors (Lipinski definition) is 0. The number of aldehydes is 1. The lowest BCUT2D eigenvalue weighted by atomic mass is 10.2. The van der Waals surface area contributed by atoms with Gasteiger partial charge in [0.25, 0.3) is 0 Å². The summed E-state index contributed by atoms with van der Waals surface area (Å²) < 4.78 is 1.99. The van der Waals surface area contributed by atoms with Gasteiger partial charge in [0.2, 0.25) is 0 Å². The molecule has 1 aromatic carbocycles. The second kappa shape index (κ2) is 4.14. The molecular weight excluding hydrogens is 222 g/mol. The van der Waals surface area contributed by atoms with Crippen molar-refractivity contribution < 1.29 is 4.79 Å². The minimum atomic E-state index is 0.682. The van der Waals surface area contributed by atoms with Crippen LogP contribution in [0.1, 0.15) is 21.7 Å². The van der Waals surface area contributed by atoms with Gasteiger partial charge in [0.15, 0.2) is 6.29 Å². The summed E-state index contributed by atoms with van der Waals surface area (Å²) in [5, 5.41) is 0.682. The van der Waals surface area contributed by atoms with Crippen LogP contribution in [0.5, 0.6) is 0 Å². The van der Waals surface area contributed by atoms with Gasteiger partial charge in [-0.05, 0) is 32.0 Å². The maximum Gasteiger partial charge on any atom is 0.151 e. The van der Waals surface area contributed by atoms with Crippen molar-refractivity contribution >= 4 is 17.9 Å². The van der Waals surface area contributed by atoms with E-state index in [1.807, 2.05) is 48.7 Å². The summed E-state index contributed by atoms with van der Waals surface area (Å²) in [6.45, 7) is 3.88. The molecule has 0 spiro atoms. The quantitative estimate of drug-likeness (QED) is 0.727. The zero-order valence-electron chi connectivity index (χ0n) is 9.20. The summed E-state index contributed by atoms with van der Waals surface area (Å²) in [5.41, 5.74) is 3.54. The van der Waals surface area contributed by atoms with Crippen molar-refractivity contribution in [2.45, 2.75) is 13.8 Å². The molecule has 0 amide bonds. The Morgan fingerprint density at radius 3 is 2.50 bits per heavy atom. The summed E-state index contributed by atoms with van der Waals surface area (Å²) in [5.74, 6) is 0. The Balaban J connectivity index is 2.69. The van der Waals surface area contributed by atoms with E-state index < -0.39 is 0 Å². The van der Waals surface area contributed by atoms with E-state index in [1.165, 1.54) is 0 Å². The zero-order chi connectivity index (χ0) is 11.7. The topological polar surface area (TPSA) is 22.0 Å². The van der Waals surface area contributed by atoms with Crippen LogP contribution in [0, 0.1) is 13.8 Å². The van der Waals surface area contributed by atoms with E-state index >= 15 is 0 Å². The second-order valence-corrected chi connectivity index (χ2v) is 4.14. The molecule has 2 aromatic rings. The van der Waals surface area contributed by atoms with E-state index in [2.05, 4.69) is 0 Å². The number of benzene rings is 1. The number of carbonyl (C=O) groups is 1. The summed E-state index contributed by atoms with van der Waals surface area (Å²) in [7, 11) is 0. The predicted molar refractivity (Wildman–Crippen MR) is 65.6 cm³/mol. The van der Waals surface area contributed by atoms with Crippen molar-refractivity contribution in [3.05, 3.63) is 52.3 Å². The lowest BCUT2D eigenvalue weighted by Crippen LogP contribution is -2.00. The van der Waals surface area contributed by atoms with Gasteiger partial charge in [-0.25, -0.2) is 0 Å². The molecule has 16 heavy (non-hydrogen) atoms. The molecule has 0 bridgehead atoms. The van der Waals surface area contributed by atoms with E-state index in [0.29, 0.717) is 10.6 Å². The summed E-state index contributed by atoms with van der Waals surface area (Å²) >= 11 is 6.15. The minimum absolute atomic E-state index is 0.682. The molecule has 0 N–H and O–H groups in total. The van der Waals surface area contributed by atoms with Gasteiger partial charge in [0.05, 0.1) is 10.7 Å². The van der Waals surface area contributed by atoms with Gasteiger partial charge in [-0.15, -0.1) is 0 Å². The molecule has 0 fully saturated rings. The molecule has 0 aliphatic carbocycles. The van der Waals surface area contributed by atoms with Crippen LogP contribution in [0.25, 0.3) is 5.69 Å². The van der Waals surface area contributed by atoms with Gasteiger partial charge in [-0.2, -0.15) is 0 Å². The highest BCUT2D eigenvalue weighted by Crippen LogP contribution is 2.25. The molecular formula is C13H12ClNO. The van der Waals surface area contributed by atoms with Gasteiger partial charge in [0, 0.05) is 17.0 Å². The molecule has 1 heterocycles. The van der Waals surface area contributed by atoms with E-state index in [-0.39, 0.29) is 0 Å². The first-order chi connectivity index (χ1) is 7.65. The average Bonchev–Trinajstić information content (AvgIpc) is 2.55. The largest absolute Gasteiger partial charge is 0.316 e. The molecule has 2 nitrogen and oxygen atoms in total. The van der Waals surface area contributed by atoms with Crippen LogP contribution in [0.2, 0.25) is 5.02 Å². The molecule has 0 saturated heterocycles. The third kappa shape index (κ3) is 1.65. The second-order valence-electron chi connectivity index (χ2n) is 3.73. The number of nitrogens with zero attached hydrogens (tertiary/aromatic N) is 1. The van der Waals surface area contributed by atoms with Gasteiger partial charge in [-0.3, -0.25) is 4.79 Å². The Morgan fingerprint density at radius 1 is 1.25 bits per heavy atom. The van der Waals surface area contributed by atoms with Crippen LogP contribution in [0.4, 0.5) is 0 Å². The fourth-order valence-electron chi connectivity index (χ4n) is 1.91. The smallest absolute Gasteiger partial charge is 0.151 e. The maximum atomic E-state index is 10.9. The first kappa shape index (κ1) is 11.0. The van der Waals surface area contributed by atoms with Crippen molar-refractivity contribution in [3.8, 4) is 5.69 Å². The third-order valence-electron chi connectivity index (χ3n) is 2.69. The highest BCUT2D eigenvalue weighted by molar-refractivity contribution is 6.32. The number of rotatable bonds is 2. The van der Waals surface area contributed by atoms with E-state index in [4.69, 9.17) is 11.6 Å². The average molecular weight is 234 g/mol. The summed E-state index contributed by atoms with van der Waals surface area (Å²) in [6.07, 6.45) is 0.871. The van der Waals surface area contributed by atoms with Gasteiger partial charge in [-0.1, -0.05) is 23.7 Å². The van der Waals surface area contributed by atoms with Crippen LogP contribution in [0.15, 0.2) is 30.3 Å². The number of aryl methyl sites for hydroxylation is 1. The number of hydrogen-bond acceptors (Lipinski definition) is 1. The van der Waals surface area contributed by atoms with Crippen LogP contribution in [0.3, 0.4) is 0 Å². The number of carbonyl (C=O) groups excluding carboxylic acids is 1. The monoisotopic (exact) mass is 233 g/mol. The third-order valence-corrected chi connectivity index (χ3v) is 3.01. The molecule has 0 radical (unpaired) electrons. The van der Waals surface area contributed by atoms with E-state index in [9.17, 15) is 4.79 Å². The zero-order valence-corrected chi connectivity index (χ0v) is 9.95. The predicted octanol–water partition coefficient (Wildman–Crippen LogP) is 3.56. The molecule has 0 atom stereocenters. The Hall–Kier alpha value is -1.54. The Labute approximate surface area is 99.5 Å². The number of para-hydroxylation sites is 1. The highest BCUT2D eigenvalue weighted by atomic mass is 35.5. The van der Waals surface area contributed by atoms with Crippen LogP contribution in [-0.2, 0) is 0 Å². The Kier molecular flexibility index (Phi) is 2.84. The normalized spacial score (nSPS) is 10.4. The van der Waals surface area contributed by atoms with Crippen molar-refractivity contribution in [1.82, 2.24) is 4.57 Å². The van der Waals surface area contributed by atoms with Gasteiger partial charge >= 0.3 is 0 Å². The molecule has 82 valence electrons. The Morgan fingerprint density at radius 2 is 1.94 bits per heavy atom. The van der Waals surface area contributed by atoms with Crippen molar-refractivity contribution in [2.75, 3.05) is 0 Å². The fraction of sp³-hybridized carbons (Fsp3) is 0.154. The maximum absolute atomic E-state index is 10.9. The lowest BCUT2D eigenvalue weighted by molar-refractivity contribution is 0.112. The van der Waals surface area contributed by atoms with Crippen LogP contribution in [-0.4, -0.2) is 10.9 Å². The first-order valence-corrected chi connectivity index (χ1v) is 5.42. The van der Waals surface area contributed by atoms with Crippen LogP contribution < -0.4 is 0 Å². The lowest BCUT2D eigenvalue weighted by Gasteiger charge is -2.10. The molecule has 0 saturated carbocycles. The van der Waals surface area contributed by atoms with Gasteiger partial charge < -0.3 is 4.57 Å². The molecule has 0 aliphatic rings. The molecule has 2 rings (SSSR count). The molecule has 1 aromatic heterocycles. The van der Waals surface area contributed by atoms with Crippen LogP contribution >= 0.6 is 11.6 Å². The molecule has 3 heteroatoms. The standard InChI is InChI=1S/C13H12ClNO/c1-9-7-11(8-16)10(2)15(9)13-6-4-3-5-12(13)14/h3-8H,1-2H3. The Bertz CT molecular complexity index is 543. The molecule has 0 aliphatic heterocycles. The fourth-order valence-corrected chi connectivity index (χ4v) is 2.13. The van der Waals surface area contributed by atoms with Crippen molar-refractivity contribution in [3.63, 3.8) is 0 Å². The number of aromatic nitrogens is 1. The summed E-state index contributed by atoms with van der Waals surface area (Å²) in [6, 6.07) is 9.47.